The van der Waals surface area contributed by atoms with Crippen molar-refractivity contribution in [1.29, 1.82) is 0 Å². The largest absolute Gasteiger partial charge is 0.480 e. The van der Waals surface area contributed by atoms with Crippen molar-refractivity contribution in [3.8, 4) is 0 Å². The fraction of sp³-hybridized carbons (Fsp3) is 0.750. The summed E-state index contributed by atoms with van der Waals surface area (Å²) in [6.45, 7) is 5.25. The van der Waals surface area contributed by atoms with Crippen molar-refractivity contribution in [3.63, 3.8) is 0 Å². The molecule has 1 rings (SSSR count). The minimum Gasteiger partial charge on any atom is -0.480 e. The van der Waals surface area contributed by atoms with Crippen molar-refractivity contribution in [2.45, 2.75) is 76.5 Å². The summed E-state index contributed by atoms with van der Waals surface area (Å²) < 4.78 is 5.79. The van der Waals surface area contributed by atoms with Crippen molar-refractivity contribution in [3.05, 3.63) is 12.7 Å². The highest BCUT2D eigenvalue weighted by molar-refractivity contribution is 5.86. The zero-order valence-electron chi connectivity index (χ0n) is 12.8. The van der Waals surface area contributed by atoms with Crippen molar-refractivity contribution in [2.75, 3.05) is 0 Å². The van der Waals surface area contributed by atoms with E-state index >= 15 is 0 Å². The summed E-state index contributed by atoms with van der Waals surface area (Å²) in [6.07, 6.45) is 8.73. The maximum atomic E-state index is 12.1. The molecular weight excluding hydrogens is 270 g/mol. The second-order valence-corrected chi connectivity index (χ2v) is 5.66. The first-order valence-corrected chi connectivity index (χ1v) is 7.84. The quantitative estimate of drug-likeness (QED) is 0.533. The monoisotopic (exact) mass is 297 g/mol. The van der Waals surface area contributed by atoms with Gasteiger partial charge in [-0.3, -0.25) is 4.79 Å². The summed E-state index contributed by atoms with van der Waals surface area (Å²) in [6, 6.07) is -0.879. The molecule has 0 aliphatic heterocycles. The number of aliphatic carboxylic acids is 1. The summed E-state index contributed by atoms with van der Waals surface area (Å²) in [4.78, 5) is 23.2. The van der Waals surface area contributed by atoms with Crippen LogP contribution in [0, 0.1) is 0 Å². The Bertz CT molecular complexity index is 348. The summed E-state index contributed by atoms with van der Waals surface area (Å²) in [7, 11) is 0. The van der Waals surface area contributed by atoms with Gasteiger partial charge < -0.3 is 15.2 Å². The Morgan fingerprint density at radius 2 is 1.95 bits per heavy atom. The van der Waals surface area contributed by atoms with Crippen LogP contribution in [0.25, 0.3) is 0 Å². The number of carbonyl (C=O) groups is 2. The standard InChI is InChI=1S/C16H27NO4/c1-3-4-11-14(16(19)20)17-15(18)12(2)21-13-9-7-5-6-8-10-13/h3,12-14H,1,4-11H2,2H3,(H,17,18)(H,19,20). The van der Waals surface area contributed by atoms with E-state index in [1.807, 2.05) is 0 Å². The van der Waals surface area contributed by atoms with Crippen molar-refractivity contribution in [1.82, 2.24) is 5.32 Å². The van der Waals surface area contributed by atoms with E-state index in [9.17, 15) is 9.59 Å². The molecule has 120 valence electrons. The average Bonchev–Trinajstić information content (AvgIpc) is 2.71. The van der Waals surface area contributed by atoms with Gasteiger partial charge in [-0.25, -0.2) is 4.79 Å². The molecule has 1 aliphatic rings. The zero-order valence-corrected chi connectivity index (χ0v) is 12.8. The topological polar surface area (TPSA) is 75.6 Å². The summed E-state index contributed by atoms with van der Waals surface area (Å²) in [5, 5.41) is 11.6. The van der Waals surface area contributed by atoms with Crippen LogP contribution in [0.15, 0.2) is 12.7 Å². The fourth-order valence-electron chi connectivity index (χ4n) is 2.56. The van der Waals surface area contributed by atoms with Gasteiger partial charge in [0.2, 0.25) is 5.91 Å². The molecule has 0 spiro atoms. The lowest BCUT2D eigenvalue weighted by atomic mass is 10.1. The van der Waals surface area contributed by atoms with Gasteiger partial charge >= 0.3 is 5.97 Å². The molecule has 1 saturated carbocycles. The second kappa shape index (κ2) is 9.55. The maximum absolute atomic E-state index is 12.1. The van der Waals surface area contributed by atoms with E-state index in [2.05, 4.69) is 11.9 Å². The van der Waals surface area contributed by atoms with Gasteiger partial charge in [0.15, 0.2) is 0 Å². The van der Waals surface area contributed by atoms with Gasteiger partial charge in [0.1, 0.15) is 12.1 Å². The summed E-state index contributed by atoms with van der Waals surface area (Å²) >= 11 is 0. The van der Waals surface area contributed by atoms with Crippen LogP contribution in [-0.4, -0.2) is 35.2 Å². The smallest absolute Gasteiger partial charge is 0.326 e. The van der Waals surface area contributed by atoms with Crippen molar-refractivity contribution < 1.29 is 19.4 Å². The van der Waals surface area contributed by atoms with E-state index < -0.39 is 18.1 Å². The van der Waals surface area contributed by atoms with Gasteiger partial charge in [-0.15, -0.1) is 6.58 Å². The minimum absolute atomic E-state index is 0.115. The van der Waals surface area contributed by atoms with Crippen LogP contribution in [0.3, 0.4) is 0 Å². The highest BCUT2D eigenvalue weighted by atomic mass is 16.5. The van der Waals surface area contributed by atoms with Crippen LogP contribution >= 0.6 is 0 Å². The molecule has 0 aromatic carbocycles. The van der Waals surface area contributed by atoms with Gasteiger partial charge in [-0.1, -0.05) is 31.8 Å². The first kappa shape index (κ1) is 17.7. The first-order valence-electron chi connectivity index (χ1n) is 7.84. The molecule has 2 unspecified atom stereocenters. The number of hydrogen-bond donors (Lipinski definition) is 2. The van der Waals surface area contributed by atoms with Gasteiger partial charge in [0.25, 0.3) is 0 Å². The molecule has 0 radical (unpaired) electrons. The van der Waals surface area contributed by atoms with Crippen LogP contribution in [0.2, 0.25) is 0 Å². The molecule has 5 nitrogen and oxygen atoms in total. The number of carbonyl (C=O) groups excluding carboxylic acids is 1. The first-order chi connectivity index (χ1) is 10.0. The number of carboxylic acid groups (broad SMARTS) is 1. The molecule has 0 heterocycles. The van der Waals surface area contributed by atoms with Gasteiger partial charge in [-0.05, 0) is 32.6 Å². The number of rotatable bonds is 8. The number of hydrogen-bond acceptors (Lipinski definition) is 3. The van der Waals surface area contributed by atoms with Gasteiger partial charge in [0, 0.05) is 0 Å². The van der Waals surface area contributed by atoms with Crippen LogP contribution < -0.4 is 5.32 Å². The molecule has 0 bridgehead atoms. The molecule has 2 atom stereocenters. The second-order valence-electron chi connectivity index (χ2n) is 5.66. The highest BCUT2D eigenvalue weighted by Gasteiger charge is 2.25. The third kappa shape index (κ3) is 6.76. The minimum atomic E-state index is -1.02. The molecule has 2 N–H and O–H groups in total. The Balaban J connectivity index is 2.43. The van der Waals surface area contributed by atoms with Crippen molar-refractivity contribution >= 4 is 11.9 Å². The molecule has 1 amide bonds. The number of ether oxygens (including phenoxy) is 1. The molecule has 0 aromatic heterocycles. The van der Waals surface area contributed by atoms with E-state index in [4.69, 9.17) is 9.84 Å². The predicted octanol–water partition coefficient (Wildman–Crippen LogP) is 2.65. The predicted molar refractivity (Wildman–Crippen MR) is 81.0 cm³/mol. The fourth-order valence-corrected chi connectivity index (χ4v) is 2.56. The number of allylic oxidation sites excluding steroid dienone is 1. The van der Waals surface area contributed by atoms with E-state index in [0.29, 0.717) is 12.8 Å². The Morgan fingerprint density at radius 3 is 2.48 bits per heavy atom. The number of amides is 1. The van der Waals surface area contributed by atoms with E-state index in [0.717, 1.165) is 25.7 Å². The van der Waals surface area contributed by atoms with Crippen LogP contribution in [0.5, 0.6) is 0 Å². The van der Waals surface area contributed by atoms with E-state index in [1.54, 1.807) is 13.0 Å². The van der Waals surface area contributed by atoms with Gasteiger partial charge in [0.05, 0.1) is 6.10 Å². The maximum Gasteiger partial charge on any atom is 0.326 e. The normalized spacial score (nSPS) is 19.3. The SMILES string of the molecule is C=CCCC(NC(=O)C(C)OC1CCCCCC1)C(=O)O. The van der Waals surface area contributed by atoms with E-state index in [-0.39, 0.29) is 12.0 Å². The molecule has 5 heteroatoms. The van der Waals surface area contributed by atoms with Crippen LogP contribution in [0.1, 0.15) is 58.3 Å². The highest BCUT2D eigenvalue weighted by Crippen LogP contribution is 2.21. The molecular formula is C16H27NO4. The Hall–Kier alpha value is -1.36. The molecule has 0 aromatic rings. The lowest BCUT2D eigenvalue weighted by Gasteiger charge is -2.22. The number of nitrogens with one attached hydrogen (secondary N) is 1. The van der Waals surface area contributed by atoms with E-state index in [1.165, 1.54) is 12.8 Å². The summed E-state index contributed by atoms with van der Waals surface area (Å²) in [5.74, 6) is -1.37. The summed E-state index contributed by atoms with van der Waals surface area (Å²) in [5.41, 5.74) is 0. The Morgan fingerprint density at radius 1 is 1.33 bits per heavy atom. The Labute approximate surface area is 126 Å². The third-order valence-corrected chi connectivity index (χ3v) is 3.84. The Kier molecular flexibility index (Phi) is 8.05. The zero-order chi connectivity index (χ0) is 15.7. The molecule has 1 aliphatic carbocycles. The molecule has 21 heavy (non-hydrogen) atoms. The average molecular weight is 297 g/mol. The number of carboxylic acids is 1. The van der Waals surface area contributed by atoms with Gasteiger partial charge in [-0.2, -0.15) is 0 Å². The molecule has 0 saturated heterocycles. The van der Waals surface area contributed by atoms with Crippen LogP contribution in [-0.2, 0) is 14.3 Å². The third-order valence-electron chi connectivity index (χ3n) is 3.84. The van der Waals surface area contributed by atoms with Crippen LogP contribution in [0.4, 0.5) is 0 Å². The lowest BCUT2D eigenvalue weighted by molar-refractivity contribution is -0.145. The molecule has 1 fully saturated rings. The van der Waals surface area contributed by atoms with Crippen molar-refractivity contribution in [2.24, 2.45) is 0 Å². The lowest BCUT2D eigenvalue weighted by Crippen LogP contribution is -2.46.